The van der Waals surface area contributed by atoms with Crippen LogP contribution in [-0.2, 0) is 0 Å². The lowest BCUT2D eigenvalue weighted by molar-refractivity contribution is -0.441. The molecule has 10 heavy (non-hydrogen) atoms. The van der Waals surface area contributed by atoms with Crippen LogP contribution < -0.4 is 11.1 Å². The van der Waals surface area contributed by atoms with E-state index in [0.717, 1.165) is 5.69 Å². The lowest BCUT2D eigenvalue weighted by Crippen LogP contribution is -2.84. The smallest absolute Gasteiger partial charge is 0.269 e. The molecule has 0 aliphatic rings. The number of hydrogen-bond donors (Lipinski definition) is 2. The summed E-state index contributed by atoms with van der Waals surface area (Å²) in [6.07, 6.45) is 0. The van der Waals surface area contributed by atoms with Gasteiger partial charge < -0.3 is 5.73 Å². The first-order valence-electron chi connectivity index (χ1n) is 2.98. The Morgan fingerprint density at radius 1 is 1.30 bits per heavy atom. The van der Waals surface area contributed by atoms with Gasteiger partial charge in [-0.3, -0.25) is 5.32 Å². The van der Waals surface area contributed by atoms with E-state index in [0.29, 0.717) is 5.11 Å². The average molecular weight is 153 g/mol. The highest BCUT2D eigenvalue weighted by Gasteiger charge is 1.94. The van der Waals surface area contributed by atoms with E-state index in [1.807, 2.05) is 30.3 Å². The lowest BCUT2D eigenvalue weighted by Gasteiger charge is -1.93. The summed E-state index contributed by atoms with van der Waals surface area (Å²) in [6.45, 7) is 0. The van der Waals surface area contributed by atoms with Gasteiger partial charge in [-0.25, -0.2) is 0 Å². The number of thiocarbonyl (C=S) groups is 1. The Labute approximate surface area is 65.0 Å². The molecule has 1 rings (SSSR count). The number of benzene rings is 1. The molecule has 0 atom stereocenters. The molecule has 0 aliphatic carbocycles. The van der Waals surface area contributed by atoms with E-state index in [-0.39, 0.29) is 0 Å². The fourth-order valence-electron chi connectivity index (χ4n) is 0.714. The van der Waals surface area contributed by atoms with Crippen molar-refractivity contribution < 1.29 is 5.32 Å². The summed E-state index contributed by atoms with van der Waals surface area (Å²) in [7, 11) is 0. The van der Waals surface area contributed by atoms with Crippen LogP contribution in [0.5, 0.6) is 0 Å². The minimum Gasteiger partial charge on any atom is -0.345 e. The second-order valence-electron chi connectivity index (χ2n) is 1.96. The molecule has 0 amide bonds. The highest BCUT2D eigenvalue weighted by Crippen LogP contribution is 1.95. The van der Waals surface area contributed by atoms with Crippen molar-refractivity contribution in [1.82, 2.24) is 0 Å². The van der Waals surface area contributed by atoms with Crippen LogP contribution >= 0.6 is 12.2 Å². The van der Waals surface area contributed by atoms with E-state index in [9.17, 15) is 0 Å². The van der Waals surface area contributed by atoms with Gasteiger partial charge >= 0.3 is 0 Å². The molecule has 0 saturated heterocycles. The lowest BCUT2D eigenvalue weighted by atomic mass is 10.3. The van der Waals surface area contributed by atoms with Gasteiger partial charge in [-0.2, -0.15) is 0 Å². The van der Waals surface area contributed by atoms with Gasteiger partial charge in [-0.15, -0.1) is 0 Å². The van der Waals surface area contributed by atoms with Gasteiger partial charge in [-0.1, -0.05) is 18.2 Å². The fourth-order valence-corrected chi connectivity index (χ4v) is 0.850. The Bertz CT molecular complexity index is 220. The minimum atomic E-state index is 0.422. The van der Waals surface area contributed by atoms with Crippen LogP contribution in [0.15, 0.2) is 30.3 Å². The Morgan fingerprint density at radius 2 is 1.90 bits per heavy atom. The van der Waals surface area contributed by atoms with Crippen molar-refractivity contribution in [2.24, 2.45) is 5.73 Å². The van der Waals surface area contributed by atoms with Crippen molar-refractivity contribution in [3.8, 4) is 0 Å². The highest BCUT2D eigenvalue weighted by molar-refractivity contribution is 7.79. The third kappa shape index (κ3) is 2.13. The second-order valence-corrected chi connectivity index (χ2v) is 2.43. The molecule has 2 nitrogen and oxygen atoms in total. The zero-order chi connectivity index (χ0) is 7.40. The Kier molecular flexibility index (Phi) is 2.36. The van der Waals surface area contributed by atoms with Crippen LogP contribution in [0, 0.1) is 0 Å². The number of quaternary nitrogens is 1. The standard InChI is InChI=1S/C7H8N2S/c8-7(10)9-6-4-2-1-3-5-6/h1-5H,(H3,8,9,10)/p+1. The van der Waals surface area contributed by atoms with E-state index < -0.39 is 0 Å². The first kappa shape index (κ1) is 7.18. The van der Waals surface area contributed by atoms with E-state index in [1.165, 1.54) is 0 Å². The Morgan fingerprint density at radius 3 is 2.40 bits per heavy atom. The summed E-state index contributed by atoms with van der Waals surface area (Å²) in [5.41, 5.74) is 6.35. The Balaban J connectivity index is 2.67. The molecule has 3 heteroatoms. The van der Waals surface area contributed by atoms with Crippen molar-refractivity contribution in [3.63, 3.8) is 0 Å². The SMILES string of the molecule is NC(=S)[NH2+]c1ccccc1. The maximum atomic E-state index is 5.30. The summed E-state index contributed by atoms with van der Waals surface area (Å²) in [4.78, 5) is 0. The summed E-state index contributed by atoms with van der Waals surface area (Å²) < 4.78 is 0. The predicted molar refractivity (Wildman–Crippen MR) is 44.8 cm³/mol. The second kappa shape index (κ2) is 3.29. The van der Waals surface area contributed by atoms with Crippen LogP contribution in [0.4, 0.5) is 5.69 Å². The molecule has 0 saturated carbocycles. The van der Waals surface area contributed by atoms with E-state index in [4.69, 9.17) is 18.0 Å². The summed E-state index contributed by atoms with van der Waals surface area (Å²) in [5, 5.41) is 2.18. The Hall–Kier alpha value is -0.930. The normalized spacial score (nSPS) is 9.20. The molecule has 52 valence electrons. The molecule has 0 aliphatic heterocycles. The summed E-state index contributed by atoms with van der Waals surface area (Å²) in [6, 6.07) is 9.77. The zero-order valence-corrected chi connectivity index (χ0v) is 6.27. The van der Waals surface area contributed by atoms with Crippen molar-refractivity contribution >= 4 is 23.0 Å². The molecule has 0 fully saturated rings. The largest absolute Gasteiger partial charge is 0.345 e. The molecule has 0 radical (unpaired) electrons. The molecule has 1 aromatic carbocycles. The van der Waals surface area contributed by atoms with Crippen LogP contribution in [0.25, 0.3) is 0 Å². The number of nitrogens with two attached hydrogens (primary N) is 2. The molecule has 0 unspecified atom stereocenters. The molecule has 0 aromatic heterocycles. The molecule has 0 bridgehead atoms. The third-order valence-electron chi connectivity index (χ3n) is 1.11. The summed E-state index contributed by atoms with van der Waals surface area (Å²) in [5.74, 6) is 0. The quantitative estimate of drug-likeness (QED) is 0.444. The van der Waals surface area contributed by atoms with Crippen LogP contribution in [0.3, 0.4) is 0 Å². The van der Waals surface area contributed by atoms with Crippen LogP contribution in [0.1, 0.15) is 0 Å². The third-order valence-corrected chi connectivity index (χ3v) is 1.23. The average Bonchev–Trinajstić information content (AvgIpc) is 1.88. The van der Waals surface area contributed by atoms with Crippen LogP contribution in [-0.4, -0.2) is 5.11 Å². The molecule has 1 aromatic rings. The highest BCUT2D eigenvalue weighted by atomic mass is 32.1. The van der Waals surface area contributed by atoms with Crippen molar-refractivity contribution in [2.45, 2.75) is 0 Å². The first-order chi connectivity index (χ1) is 4.79. The first-order valence-corrected chi connectivity index (χ1v) is 3.39. The number of rotatable bonds is 1. The monoisotopic (exact) mass is 153 g/mol. The van der Waals surface area contributed by atoms with E-state index in [1.54, 1.807) is 5.32 Å². The zero-order valence-electron chi connectivity index (χ0n) is 5.45. The van der Waals surface area contributed by atoms with Gasteiger partial charge in [0.1, 0.15) is 5.69 Å². The fraction of sp³-hybridized carbons (Fsp3) is 0. The van der Waals surface area contributed by atoms with Crippen molar-refractivity contribution in [2.75, 3.05) is 0 Å². The number of hydrogen-bond acceptors (Lipinski definition) is 1. The molecule has 0 heterocycles. The minimum absolute atomic E-state index is 0.422. The summed E-state index contributed by atoms with van der Waals surface area (Å²) >= 11 is 4.70. The van der Waals surface area contributed by atoms with Crippen LogP contribution in [0.2, 0.25) is 0 Å². The van der Waals surface area contributed by atoms with Gasteiger partial charge in [0.2, 0.25) is 0 Å². The molecule has 4 N–H and O–H groups in total. The maximum absolute atomic E-state index is 5.30. The van der Waals surface area contributed by atoms with Crippen molar-refractivity contribution in [1.29, 1.82) is 0 Å². The maximum Gasteiger partial charge on any atom is 0.269 e. The molecular weight excluding hydrogens is 144 g/mol. The van der Waals surface area contributed by atoms with E-state index >= 15 is 0 Å². The predicted octanol–water partition coefficient (Wildman–Crippen LogP) is 0.125. The van der Waals surface area contributed by atoms with Gasteiger partial charge in [0.05, 0.1) is 0 Å². The van der Waals surface area contributed by atoms with Gasteiger partial charge in [0.15, 0.2) is 0 Å². The number of para-hydroxylation sites is 1. The molecular formula is C7H9N2S+. The molecule has 0 spiro atoms. The van der Waals surface area contributed by atoms with E-state index in [2.05, 4.69) is 0 Å². The van der Waals surface area contributed by atoms with Gasteiger partial charge in [0.25, 0.3) is 5.11 Å². The van der Waals surface area contributed by atoms with Gasteiger partial charge in [-0.05, 0) is 12.1 Å². The van der Waals surface area contributed by atoms with Crippen molar-refractivity contribution in [3.05, 3.63) is 30.3 Å². The van der Waals surface area contributed by atoms with Gasteiger partial charge in [0, 0.05) is 12.2 Å². The topological polar surface area (TPSA) is 42.6 Å².